The fourth-order valence-corrected chi connectivity index (χ4v) is 2.90. The summed E-state index contributed by atoms with van der Waals surface area (Å²) in [5.41, 5.74) is -3.25. The first-order valence-electron chi connectivity index (χ1n) is 7.42. The van der Waals surface area contributed by atoms with Crippen LogP contribution >= 0.6 is 0 Å². The summed E-state index contributed by atoms with van der Waals surface area (Å²) < 4.78 is 40.1. The quantitative estimate of drug-likeness (QED) is 0.780. The van der Waals surface area contributed by atoms with Crippen LogP contribution in [-0.2, 0) is 10.4 Å². The number of H-pyrrole nitrogens is 1. The molecule has 0 spiro atoms. The number of aromatic nitrogens is 2. The second-order valence-corrected chi connectivity index (χ2v) is 5.69. The van der Waals surface area contributed by atoms with Crippen LogP contribution in [0.5, 0.6) is 0 Å². The molecule has 0 bridgehead atoms. The third-order valence-corrected chi connectivity index (χ3v) is 4.16. The van der Waals surface area contributed by atoms with E-state index < -0.39 is 24.1 Å². The Hall–Kier alpha value is -1.57. The number of halogens is 3. The second-order valence-electron chi connectivity index (χ2n) is 5.69. The van der Waals surface area contributed by atoms with Crippen LogP contribution in [0.1, 0.15) is 63.1 Å². The average Bonchev–Trinajstić information content (AvgIpc) is 2.82. The molecule has 2 rings (SSSR count). The van der Waals surface area contributed by atoms with Crippen LogP contribution < -0.4 is 5.32 Å². The number of nitrogens with zero attached hydrogens (tertiary/aromatic N) is 1. The van der Waals surface area contributed by atoms with Crippen LogP contribution in [0.4, 0.5) is 19.0 Å². The highest BCUT2D eigenvalue weighted by molar-refractivity contribution is 5.94. The largest absolute Gasteiger partial charge is 0.422 e. The Kier molecular flexibility index (Phi) is 4.51. The summed E-state index contributed by atoms with van der Waals surface area (Å²) in [5.74, 6) is -1.28. The lowest BCUT2D eigenvalue weighted by Crippen LogP contribution is -2.48. The molecule has 0 radical (unpaired) electrons. The number of fused-ring (bicyclic) bond motifs is 1. The Morgan fingerprint density at radius 1 is 1.41 bits per heavy atom. The highest BCUT2D eigenvalue weighted by Crippen LogP contribution is 2.49. The van der Waals surface area contributed by atoms with Gasteiger partial charge in [0.15, 0.2) is 11.4 Å². The lowest BCUT2D eigenvalue weighted by atomic mass is 9.81. The van der Waals surface area contributed by atoms with Gasteiger partial charge in [0.05, 0.1) is 12.0 Å². The van der Waals surface area contributed by atoms with Crippen molar-refractivity contribution in [1.82, 2.24) is 10.2 Å². The minimum absolute atomic E-state index is 0.167. The van der Waals surface area contributed by atoms with Gasteiger partial charge in [0.2, 0.25) is 5.91 Å². The fraction of sp³-hybridized carbons (Fsp3) is 0.714. The van der Waals surface area contributed by atoms with Gasteiger partial charge < -0.3 is 10.4 Å². The van der Waals surface area contributed by atoms with Crippen molar-refractivity contribution in [3.8, 4) is 0 Å². The number of hydrogen-bond donors (Lipinski definition) is 3. The van der Waals surface area contributed by atoms with E-state index in [0.717, 1.165) is 12.8 Å². The van der Waals surface area contributed by atoms with Crippen molar-refractivity contribution in [3.63, 3.8) is 0 Å². The van der Waals surface area contributed by atoms with Gasteiger partial charge in [-0.15, -0.1) is 0 Å². The first kappa shape index (κ1) is 16.8. The van der Waals surface area contributed by atoms with Crippen molar-refractivity contribution >= 4 is 11.7 Å². The number of hydrogen-bond acceptors (Lipinski definition) is 3. The van der Waals surface area contributed by atoms with Crippen molar-refractivity contribution in [2.75, 3.05) is 5.32 Å². The van der Waals surface area contributed by atoms with Crippen molar-refractivity contribution < 1.29 is 23.1 Å². The molecule has 2 heterocycles. The molecule has 2 atom stereocenters. The summed E-state index contributed by atoms with van der Waals surface area (Å²) in [5, 5.41) is 18.9. The highest BCUT2D eigenvalue weighted by atomic mass is 19.4. The number of aliphatic hydroxyl groups is 1. The standard InChI is InChI=1S/C14H20F3N3O2/c1-3-5-6-8(4-2)11-10-12(20-19-11)18-9(21)7-13(10,22)14(15,16)17/h8,22H,3-7H2,1-2H3,(H2,18,19,20,21). The van der Waals surface area contributed by atoms with Gasteiger partial charge in [-0.25, -0.2) is 0 Å². The van der Waals surface area contributed by atoms with Gasteiger partial charge in [-0.1, -0.05) is 26.7 Å². The molecule has 8 heteroatoms. The van der Waals surface area contributed by atoms with Crippen LogP contribution in [0.25, 0.3) is 0 Å². The number of amides is 1. The maximum Gasteiger partial charge on any atom is 0.422 e. The van der Waals surface area contributed by atoms with E-state index in [2.05, 4.69) is 15.5 Å². The van der Waals surface area contributed by atoms with Crippen molar-refractivity contribution in [2.24, 2.45) is 0 Å². The average molecular weight is 319 g/mol. The Labute approximate surface area is 126 Å². The van der Waals surface area contributed by atoms with Crippen molar-refractivity contribution in [1.29, 1.82) is 0 Å². The first-order valence-corrected chi connectivity index (χ1v) is 7.42. The molecule has 1 amide bonds. The molecule has 22 heavy (non-hydrogen) atoms. The van der Waals surface area contributed by atoms with E-state index in [0.29, 0.717) is 12.8 Å². The van der Waals surface area contributed by atoms with E-state index in [9.17, 15) is 23.1 Å². The monoisotopic (exact) mass is 319 g/mol. The zero-order valence-electron chi connectivity index (χ0n) is 12.5. The van der Waals surface area contributed by atoms with Crippen LogP contribution in [0.15, 0.2) is 0 Å². The molecule has 1 aromatic rings. The zero-order valence-corrected chi connectivity index (χ0v) is 12.5. The molecule has 0 aromatic carbocycles. The van der Waals surface area contributed by atoms with E-state index in [1.54, 1.807) is 0 Å². The number of alkyl halides is 3. The highest BCUT2D eigenvalue weighted by Gasteiger charge is 2.60. The van der Waals surface area contributed by atoms with Gasteiger partial charge in [0, 0.05) is 11.6 Å². The normalized spacial score (nSPS) is 23.1. The minimum atomic E-state index is -4.94. The predicted octanol–water partition coefficient (Wildman–Crippen LogP) is 3.19. The van der Waals surface area contributed by atoms with E-state index in [4.69, 9.17) is 0 Å². The molecule has 0 saturated carbocycles. The van der Waals surface area contributed by atoms with Gasteiger partial charge in [0.25, 0.3) is 0 Å². The SMILES string of the molecule is CCCCC(CC)c1[nH]nc2c1C(O)(C(F)(F)F)CC(=O)N2. The summed E-state index contributed by atoms with van der Waals surface area (Å²) >= 11 is 0. The van der Waals surface area contributed by atoms with Gasteiger partial charge in [-0.3, -0.25) is 9.89 Å². The Balaban J connectivity index is 2.52. The topological polar surface area (TPSA) is 78.0 Å². The molecule has 1 aliphatic rings. The molecule has 3 N–H and O–H groups in total. The number of anilines is 1. The molecule has 124 valence electrons. The van der Waals surface area contributed by atoms with E-state index >= 15 is 0 Å². The number of aromatic amines is 1. The molecule has 5 nitrogen and oxygen atoms in total. The summed E-state index contributed by atoms with van der Waals surface area (Å²) in [6.45, 7) is 3.88. The van der Waals surface area contributed by atoms with E-state index in [1.165, 1.54) is 0 Å². The number of carbonyl (C=O) groups is 1. The van der Waals surface area contributed by atoms with Crippen LogP contribution in [0, 0.1) is 0 Å². The van der Waals surface area contributed by atoms with Crippen LogP contribution in [0.3, 0.4) is 0 Å². The van der Waals surface area contributed by atoms with Gasteiger partial charge in [-0.2, -0.15) is 18.3 Å². The van der Waals surface area contributed by atoms with Crippen LogP contribution in [-0.4, -0.2) is 27.4 Å². The summed E-state index contributed by atoms with van der Waals surface area (Å²) in [7, 11) is 0. The van der Waals surface area contributed by atoms with Gasteiger partial charge in [0.1, 0.15) is 0 Å². The smallest absolute Gasteiger partial charge is 0.376 e. The number of rotatable bonds is 5. The van der Waals surface area contributed by atoms with Gasteiger partial charge >= 0.3 is 6.18 Å². The molecular weight excluding hydrogens is 299 g/mol. The number of nitrogens with one attached hydrogen (secondary N) is 2. The van der Waals surface area contributed by atoms with Crippen molar-refractivity contribution in [3.05, 3.63) is 11.3 Å². The lowest BCUT2D eigenvalue weighted by Gasteiger charge is -2.34. The zero-order chi connectivity index (χ0) is 16.5. The molecular formula is C14H20F3N3O2. The number of unbranched alkanes of at least 4 members (excludes halogenated alkanes) is 1. The Morgan fingerprint density at radius 2 is 2.09 bits per heavy atom. The second kappa shape index (κ2) is 5.91. The Bertz CT molecular complexity index is 556. The minimum Gasteiger partial charge on any atom is -0.376 e. The summed E-state index contributed by atoms with van der Waals surface area (Å²) in [6.07, 6.45) is -2.88. The molecule has 0 fully saturated rings. The first-order chi connectivity index (χ1) is 10.2. The maximum absolute atomic E-state index is 13.4. The third kappa shape index (κ3) is 2.71. The summed E-state index contributed by atoms with van der Waals surface area (Å²) in [4.78, 5) is 11.5. The van der Waals surface area contributed by atoms with E-state index in [1.807, 2.05) is 13.8 Å². The predicted molar refractivity (Wildman–Crippen MR) is 74.3 cm³/mol. The molecule has 1 aromatic heterocycles. The summed E-state index contributed by atoms with van der Waals surface area (Å²) in [6, 6.07) is 0. The Morgan fingerprint density at radius 3 is 2.64 bits per heavy atom. The van der Waals surface area contributed by atoms with E-state index in [-0.39, 0.29) is 23.0 Å². The lowest BCUT2D eigenvalue weighted by molar-refractivity contribution is -0.267. The van der Waals surface area contributed by atoms with Crippen molar-refractivity contribution in [2.45, 2.75) is 63.6 Å². The molecule has 2 unspecified atom stereocenters. The molecule has 1 aliphatic heterocycles. The third-order valence-electron chi connectivity index (χ3n) is 4.16. The molecule has 0 saturated heterocycles. The fourth-order valence-electron chi connectivity index (χ4n) is 2.90. The van der Waals surface area contributed by atoms with Crippen LogP contribution in [0.2, 0.25) is 0 Å². The molecule has 0 aliphatic carbocycles. The number of carbonyl (C=O) groups excluding carboxylic acids is 1. The maximum atomic E-state index is 13.4. The van der Waals surface area contributed by atoms with Gasteiger partial charge in [-0.05, 0) is 12.8 Å².